The molecule has 1 saturated heterocycles. The van der Waals surface area contributed by atoms with Crippen molar-refractivity contribution in [1.29, 1.82) is 0 Å². The van der Waals surface area contributed by atoms with Gasteiger partial charge in [-0.1, -0.05) is 24.2 Å². The van der Waals surface area contributed by atoms with Crippen molar-refractivity contribution in [2.24, 2.45) is 5.92 Å². The van der Waals surface area contributed by atoms with Crippen LogP contribution < -0.4 is 14.7 Å². The molecule has 0 aliphatic carbocycles. The molecule has 46 heavy (non-hydrogen) atoms. The SMILES string of the molecule is CC1=CN(CCC2CC[C-]3[C-](N4C=C(C)N(c5[c-]cccc5)[CH-]4)c4ccccc4N4C(C)=CN(CC2)C34)[CH-]N1c1[c-]cccc1.[Ir]. The van der Waals surface area contributed by atoms with Crippen molar-refractivity contribution in [3.63, 3.8) is 0 Å². The number of hydrogen-bond donors (Lipinski definition) is 0. The molecule has 2 atom stereocenters. The van der Waals surface area contributed by atoms with Crippen molar-refractivity contribution in [2.75, 3.05) is 27.8 Å². The number of nitrogens with zero attached hydrogens (tertiary/aromatic N) is 6. The molecule has 0 spiro atoms. The molecular formula is C39H40IrN6-6. The van der Waals surface area contributed by atoms with Gasteiger partial charge in [0.25, 0.3) is 0 Å². The molecule has 7 heteroatoms. The minimum atomic E-state index is 0. The summed E-state index contributed by atoms with van der Waals surface area (Å²) in [4.78, 5) is 14.4. The summed E-state index contributed by atoms with van der Waals surface area (Å²) in [6.45, 7) is 13.2. The van der Waals surface area contributed by atoms with Gasteiger partial charge in [-0.15, -0.1) is 17.4 Å². The molecule has 0 bridgehead atoms. The number of fused-ring (bicyclic) bond motifs is 2. The summed E-state index contributed by atoms with van der Waals surface area (Å²) >= 11 is 0. The zero-order valence-electron chi connectivity index (χ0n) is 26.7. The number of hydrogen-bond acceptors (Lipinski definition) is 6. The first-order valence-electron chi connectivity index (χ1n) is 16.2. The van der Waals surface area contributed by atoms with Crippen LogP contribution in [-0.4, -0.2) is 34.0 Å². The Morgan fingerprint density at radius 1 is 0.783 bits per heavy atom. The summed E-state index contributed by atoms with van der Waals surface area (Å²) in [5.74, 6) is 2.16. The Kier molecular flexibility index (Phi) is 8.56. The van der Waals surface area contributed by atoms with Crippen molar-refractivity contribution in [2.45, 2.75) is 52.6 Å². The molecule has 5 aliphatic rings. The van der Waals surface area contributed by atoms with Crippen LogP contribution in [0.3, 0.4) is 0 Å². The van der Waals surface area contributed by atoms with Gasteiger partial charge in [-0.2, -0.15) is 92.1 Å². The average Bonchev–Trinajstić information content (AvgIpc) is 3.74. The fraction of sp³-hybridized carbons (Fsp3) is 0.282. The van der Waals surface area contributed by atoms with Gasteiger partial charge in [0.2, 0.25) is 0 Å². The van der Waals surface area contributed by atoms with Crippen LogP contribution in [0.15, 0.2) is 108 Å². The van der Waals surface area contributed by atoms with Crippen LogP contribution in [0.5, 0.6) is 0 Å². The van der Waals surface area contributed by atoms with E-state index in [-0.39, 0.29) is 26.3 Å². The molecule has 5 heterocycles. The third-order valence-corrected chi connectivity index (χ3v) is 9.84. The normalized spacial score (nSPS) is 22.6. The first kappa shape index (κ1) is 30.8. The van der Waals surface area contributed by atoms with E-state index in [4.69, 9.17) is 0 Å². The Bertz CT molecular complexity index is 1620. The van der Waals surface area contributed by atoms with E-state index in [1.807, 2.05) is 24.3 Å². The van der Waals surface area contributed by atoms with E-state index >= 15 is 0 Å². The molecule has 3 aromatic rings. The molecule has 2 unspecified atom stereocenters. The number of allylic oxidation sites excluding steroid dienone is 3. The molecule has 0 N–H and O–H groups in total. The third-order valence-electron chi connectivity index (χ3n) is 9.84. The number of benzene rings is 3. The van der Waals surface area contributed by atoms with E-state index in [1.165, 1.54) is 59.6 Å². The Morgan fingerprint density at radius 3 is 2.22 bits per heavy atom. The molecular weight excluding hydrogens is 745 g/mol. The van der Waals surface area contributed by atoms with Crippen LogP contribution in [0, 0.1) is 43.3 Å². The molecule has 0 saturated carbocycles. The Balaban J connectivity index is 0.00000338. The maximum Gasteiger partial charge on any atom is 0.0191 e. The van der Waals surface area contributed by atoms with Crippen molar-refractivity contribution in [1.82, 2.24) is 14.7 Å². The van der Waals surface area contributed by atoms with Crippen LogP contribution in [0.2, 0.25) is 0 Å². The van der Waals surface area contributed by atoms with Gasteiger partial charge in [0.15, 0.2) is 0 Å². The fourth-order valence-corrected chi connectivity index (χ4v) is 7.67. The number of anilines is 3. The van der Waals surface area contributed by atoms with Gasteiger partial charge in [0.05, 0.1) is 0 Å². The predicted octanol–water partition coefficient (Wildman–Crippen LogP) is 7.86. The second-order valence-corrected chi connectivity index (χ2v) is 12.8. The predicted molar refractivity (Wildman–Crippen MR) is 181 cm³/mol. The first-order valence-corrected chi connectivity index (χ1v) is 16.2. The zero-order valence-corrected chi connectivity index (χ0v) is 29.1. The summed E-state index contributed by atoms with van der Waals surface area (Å²) < 4.78 is 0. The molecule has 241 valence electrons. The molecule has 1 radical (unpaired) electrons. The van der Waals surface area contributed by atoms with Gasteiger partial charge in [-0.05, 0) is 76.0 Å². The average molecular weight is 785 g/mol. The summed E-state index contributed by atoms with van der Waals surface area (Å²) in [6.07, 6.45) is 11.8. The van der Waals surface area contributed by atoms with Crippen LogP contribution in [-0.2, 0) is 20.1 Å². The minimum Gasteiger partial charge on any atom is -0.561 e. The van der Waals surface area contributed by atoms with E-state index in [2.05, 4.69) is 143 Å². The quantitative estimate of drug-likeness (QED) is 0.236. The topological polar surface area (TPSA) is 19.4 Å². The van der Waals surface area contributed by atoms with Crippen molar-refractivity contribution < 1.29 is 20.1 Å². The van der Waals surface area contributed by atoms with Gasteiger partial charge in [0, 0.05) is 38.5 Å². The Morgan fingerprint density at radius 2 is 1.48 bits per heavy atom. The first-order chi connectivity index (χ1) is 22.0. The van der Waals surface area contributed by atoms with E-state index in [0.717, 1.165) is 30.9 Å². The molecule has 0 amide bonds. The van der Waals surface area contributed by atoms with E-state index in [9.17, 15) is 0 Å². The largest absolute Gasteiger partial charge is 0.561 e. The molecule has 5 aliphatic heterocycles. The van der Waals surface area contributed by atoms with Crippen molar-refractivity contribution in [3.8, 4) is 0 Å². The number of para-hydroxylation sites is 3. The van der Waals surface area contributed by atoms with Crippen LogP contribution in [0.25, 0.3) is 0 Å². The van der Waals surface area contributed by atoms with Gasteiger partial charge in [-0.3, -0.25) is 12.0 Å². The zero-order chi connectivity index (χ0) is 30.5. The molecule has 8 rings (SSSR count). The summed E-state index contributed by atoms with van der Waals surface area (Å²) in [7, 11) is 0. The van der Waals surface area contributed by atoms with Crippen LogP contribution in [0.4, 0.5) is 17.1 Å². The van der Waals surface area contributed by atoms with Gasteiger partial charge >= 0.3 is 0 Å². The maximum atomic E-state index is 3.42. The second kappa shape index (κ2) is 12.8. The summed E-state index contributed by atoms with van der Waals surface area (Å²) in [6, 6.07) is 33.5. The summed E-state index contributed by atoms with van der Waals surface area (Å²) in [5, 5.41) is 0. The van der Waals surface area contributed by atoms with Crippen LogP contribution >= 0.6 is 0 Å². The Labute approximate surface area is 288 Å². The van der Waals surface area contributed by atoms with Gasteiger partial charge < -0.3 is 29.4 Å². The van der Waals surface area contributed by atoms with Crippen LogP contribution in [0.1, 0.15) is 52.0 Å². The Hall–Kier alpha value is -3.80. The molecule has 6 nitrogen and oxygen atoms in total. The number of rotatable bonds is 6. The molecule has 3 aromatic carbocycles. The monoisotopic (exact) mass is 785 g/mol. The smallest absolute Gasteiger partial charge is 0.0191 e. The summed E-state index contributed by atoms with van der Waals surface area (Å²) in [5.41, 5.74) is 8.51. The standard InChI is InChI=1S/C39H40N6.Ir/c1-29-24-40(27-43(29)33-12-6-4-7-13-33)22-20-32-18-19-36-38(42-25-30(2)44(28-42)34-14-8-5-9-15-34)35-16-10-11-17-37(35)45-31(3)26-41(23-21-32)39(36)45;/h4-12,14,16-17,24-28,32,39H,18-23H2,1-3H3;/q-6;. The molecule has 0 aromatic heterocycles. The second-order valence-electron chi connectivity index (χ2n) is 12.8. The third kappa shape index (κ3) is 5.48. The van der Waals surface area contributed by atoms with Gasteiger partial charge in [0.1, 0.15) is 0 Å². The minimum absolute atomic E-state index is 0. The molecule has 1 fully saturated rings. The van der Waals surface area contributed by atoms with Gasteiger partial charge in [-0.25, -0.2) is 0 Å². The van der Waals surface area contributed by atoms with Crippen molar-refractivity contribution in [3.05, 3.63) is 151 Å². The van der Waals surface area contributed by atoms with E-state index in [1.54, 1.807) is 0 Å². The fourth-order valence-electron chi connectivity index (χ4n) is 7.67. The maximum absolute atomic E-state index is 3.42. The van der Waals surface area contributed by atoms with E-state index in [0.29, 0.717) is 5.92 Å². The van der Waals surface area contributed by atoms with Crippen molar-refractivity contribution >= 4 is 17.1 Å². The van der Waals surface area contributed by atoms with E-state index < -0.39 is 0 Å².